The number of hydrogen-bond donors (Lipinski definition) is 1. The van der Waals surface area contributed by atoms with Crippen LogP contribution in [0, 0.1) is 16.0 Å². The van der Waals surface area contributed by atoms with Crippen molar-refractivity contribution in [2.75, 3.05) is 29.1 Å². The third kappa shape index (κ3) is 5.72. The molecular formula is C22H26N6O4S. The molecule has 174 valence electrons. The first-order valence-corrected chi connectivity index (χ1v) is 11.9. The molecular weight excluding hydrogens is 444 g/mol. The van der Waals surface area contributed by atoms with Gasteiger partial charge in [-0.1, -0.05) is 30.8 Å². The molecule has 1 aliphatic heterocycles. The maximum Gasteiger partial charge on any atom is 0.292 e. The largest absolute Gasteiger partial charge is 0.467 e. The maximum absolute atomic E-state index is 12.4. The molecule has 1 amide bonds. The highest BCUT2D eigenvalue weighted by atomic mass is 32.2. The van der Waals surface area contributed by atoms with Crippen LogP contribution in [0.15, 0.2) is 52.2 Å². The van der Waals surface area contributed by atoms with Gasteiger partial charge in [0.05, 0.1) is 17.7 Å². The number of nitrogens with zero attached hydrogens (tertiary/aromatic N) is 5. The van der Waals surface area contributed by atoms with Gasteiger partial charge in [-0.25, -0.2) is 0 Å². The molecule has 0 aliphatic carbocycles. The fourth-order valence-electron chi connectivity index (χ4n) is 3.71. The number of piperidine rings is 1. The number of benzene rings is 1. The van der Waals surface area contributed by atoms with Gasteiger partial charge in [-0.05, 0) is 37.0 Å². The number of carbonyl (C=O) groups excluding carboxylic acids is 1. The smallest absolute Gasteiger partial charge is 0.292 e. The molecule has 0 radical (unpaired) electrons. The summed E-state index contributed by atoms with van der Waals surface area (Å²) in [7, 11) is 0. The molecule has 1 aliphatic rings. The number of rotatable bonds is 9. The number of thioether (sulfide) groups is 1. The van der Waals surface area contributed by atoms with Crippen molar-refractivity contribution in [3.63, 3.8) is 0 Å². The monoisotopic (exact) mass is 470 g/mol. The molecule has 0 spiro atoms. The van der Waals surface area contributed by atoms with Crippen LogP contribution in [0.2, 0.25) is 0 Å². The predicted octanol–water partition coefficient (Wildman–Crippen LogP) is 4.18. The molecule has 0 unspecified atom stereocenters. The first kappa shape index (κ1) is 22.8. The van der Waals surface area contributed by atoms with E-state index in [4.69, 9.17) is 4.42 Å². The Hall–Kier alpha value is -3.34. The summed E-state index contributed by atoms with van der Waals surface area (Å²) < 4.78 is 7.56. The van der Waals surface area contributed by atoms with E-state index in [1.165, 1.54) is 23.9 Å². The molecule has 11 heteroatoms. The summed E-state index contributed by atoms with van der Waals surface area (Å²) in [6, 6.07) is 9.87. The van der Waals surface area contributed by atoms with E-state index in [1.54, 1.807) is 18.4 Å². The standard InChI is InChI=1S/C22H26N6O4S/c1-16-8-11-26(12-9-16)21-24-25-22(27(21)15-17-5-4-13-32-17)33-14-10-20(29)23-18-6-2-3-7-19(18)28(30)31/h2-7,13,16H,8-12,14-15H2,1H3,(H,23,29). The first-order valence-electron chi connectivity index (χ1n) is 10.9. The molecule has 3 heterocycles. The zero-order chi connectivity index (χ0) is 23.2. The van der Waals surface area contributed by atoms with Gasteiger partial charge in [-0.2, -0.15) is 0 Å². The number of amides is 1. The van der Waals surface area contributed by atoms with Gasteiger partial charge in [0.1, 0.15) is 11.4 Å². The molecule has 0 bridgehead atoms. The molecule has 1 fully saturated rings. The summed E-state index contributed by atoms with van der Waals surface area (Å²) in [6.45, 7) is 4.63. The molecule has 4 rings (SSSR count). The van der Waals surface area contributed by atoms with Crippen molar-refractivity contribution < 1.29 is 14.1 Å². The minimum atomic E-state index is -0.510. The lowest BCUT2D eigenvalue weighted by atomic mass is 10.00. The van der Waals surface area contributed by atoms with Crippen LogP contribution in [-0.4, -0.2) is 44.4 Å². The number of para-hydroxylation sites is 2. The van der Waals surface area contributed by atoms with Crippen molar-refractivity contribution in [2.45, 2.75) is 37.9 Å². The molecule has 1 aromatic carbocycles. The molecule has 0 atom stereocenters. The van der Waals surface area contributed by atoms with Crippen molar-refractivity contribution in [3.8, 4) is 0 Å². The molecule has 33 heavy (non-hydrogen) atoms. The number of nitrogens with one attached hydrogen (secondary N) is 1. The van der Waals surface area contributed by atoms with Gasteiger partial charge >= 0.3 is 0 Å². The van der Waals surface area contributed by atoms with E-state index < -0.39 is 4.92 Å². The van der Waals surface area contributed by atoms with Crippen molar-refractivity contribution in [1.29, 1.82) is 0 Å². The van der Waals surface area contributed by atoms with E-state index >= 15 is 0 Å². The first-order chi connectivity index (χ1) is 16.0. The van der Waals surface area contributed by atoms with E-state index in [-0.39, 0.29) is 23.7 Å². The van der Waals surface area contributed by atoms with Crippen LogP contribution in [-0.2, 0) is 11.3 Å². The van der Waals surface area contributed by atoms with Crippen LogP contribution in [0.25, 0.3) is 0 Å². The lowest BCUT2D eigenvalue weighted by Gasteiger charge is -2.31. The number of nitro benzene ring substituents is 1. The zero-order valence-corrected chi connectivity index (χ0v) is 19.2. The fourth-order valence-corrected chi connectivity index (χ4v) is 4.58. The van der Waals surface area contributed by atoms with Crippen molar-refractivity contribution in [3.05, 3.63) is 58.5 Å². The highest BCUT2D eigenvalue weighted by Gasteiger charge is 2.23. The Morgan fingerprint density at radius 2 is 2.03 bits per heavy atom. The van der Waals surface area contributed by atoms with Crippen LogP contribution in [0.4, 0.5) is 17.3 Å². The van der Waals surface area contributed by atoms with Crippen LogP contribution in [0.3, 0.4) is 0 Å². The average molecular weight is 471 g/mol. The Kier molecular flexibility index (Phi) is 7.28. The Balaban J connectivity index is 1.41. The highest BCUT2D eigenvalue weighted by molar-refractivity contribution is 7.99. The van der Waals surface area contributed by atoms with E-state index in [9.17, 15) is 14.9 Å². The summed E-state index contributed by atoms with van der Waals surface area (Å²) in [5.41, 5.74) is 0.0669. The quantitative estimate of drug-likeness (QED) is 0.281. The summed E-state index contributed by atoms with van der Waals surface area (Å²) in [4.78, 5) is 25.3. The Morgan fingerprint density at radius 3 is 2.76 bits per heavy atom. The predicted molar refractivity (Wildman–Crippen MR) is 126 cm³/mol. The van der Waals surface area contributed by atoms with Gasteiger partial charge in [0, 0.05) is 31.3 Å². The van der Waals surface area contributed by atoms with Gasteiger partial charge in [0.2, 0.25) is 11.9 Å². The van der Waals surface area contributed by atoms with Crippen molar-refractivity contribution in [1.82, 2.24) is 14.8 Å². The number of furan rings is 1. The van der Waals surface area contributed by atoms with Gasteiger partial charge in [0.15, 0.2) is 5.16 Å². The zero-order valence-electron chi connectivity index (χ0n) is 18.3. The van der Waals surface area contributed by atoms with E-state index in [2.05, 4.69) is 27.3 Å². The van der Waals surface area contributed by atoms with Crippen LogP contribution >= 0.6 is 11.8 Å². The van der Waals surface area contributed by atoms with Gasteiger partial charge in [0.25, 0.3) is 5.69 Å². The van der Waals surface area contributed by atoms with E-state index in [0.717, 1.165) is 37.6 Å². The van der Waals surface area contributed by atoms with Crippen LogP contribution in [0.5, 0.6) is 0 Å². The van der Waals surface area contributed by atoms with Crippen LogP contribution in [0.1, 0.15) is 31.9 Å². The summed E-state index contributed by atoms with van der Waals surface area (Å²) in [6.07, 6.45) is 4.05. The van der Waals surface area contributed by atoms with Crippen molar-refractivity contribution >= 4 is 35.0 Å². The Bertz CT molecular complexity index is 1090. The fraction of sp³-hybridized carbons (Fsp3) is 0.409. The lowest BCUT2D eigenvalue weighted by Crippen LogP contribution is -2.35. The highest BCUT2D eigenvalue weighted by Crippen LogP contribution is 2.28. The minimum Gasteiger partial charge on any atom is -0.467 e. The second-order valence-electron chi connectivity index (χ2n) is 8.04. The number of carbonyl (C=O) groups is 1. The van der Waals surface area contributed by atoms with Crippen LogP contribution < -0.4 is 10.2 Å². The van der Waals surface area contributed by atoms with Gasteiger partial charge in [-0.3, -0.25) is 19.5 Å². The minimum absolute atomic E-state index is 0.128. The number of nitro groups is 1. The van der Waals surface area contributed by atoms with Crippen molar-refractivity contribution in [2.24, 2.45) is 5.92 Å². The third-order valence-corrected chi connectivity index (χ3v) is 6.56. The molecule has 0 saturated carbocycles. The normalized spacial score (nSPS) is 14.4. The topological polar surface area (TPSA) is 119 Å². The molecule has 3 aromatic rings. The van der Waals surface area contributed by atoms with Gasteiger partial charge < -0.3 is 14.6 Å². The summed E-state index contributed by atoms with van der Waals surface area (Å²) in [5, 5.41) is 23.3. The Morgan fingerprint density at radius 1 is 1.24 bits per heavy atom. The number of anilines is 2. The second kappa shape index (κ2) is 10.5. The second-order valence-corrected chi connectivity index (χ2v) is 9.10. The lowest BCUT2D eigenvalue weighted by molar-refractivity contribution is -0.383. The third-order valence-electron chi connectivity index (χ3n) is 5.59. The maximum atomic E-state index is 12.4. The molecule has 2 aromatic heterocycles. The SMILES string of the molecule is CC1CCN(c2nnc(SCCC(=O)Nc3ccccc3[N+](=O)[O-])n2Cc2ccco2)CC1. The summed E-state index contributed by atoms with van der Waals surface area (Å²) in [5.74, 6) is 2.48. The molecule has 1 N–H and O–H groups in total. The number of aromatic nitrogens is 3. The number of hydrogen-bond acceptors (Lipinski definition) is 8. The van der Waals surface area contributed by atoms with E-state index in [0.29, 0.717) is 23.4 Å². The average Bonchev–Trinajstić information content (AvgIpc) is 3.45. The van der Waals surface area contributed by atoms with Gasteiger partial charge in [-0.15, -0.1) is 10.2 Å². The van der Waals surface area contributed by atoms with E-state index in [1.807, 2.05) is 16.7 Å². The summed E-state index contributed by atoms with van der Waals surface area (Å²) >= 11 is 1.43. The molecule has 1 saturated heterocycles. The Labute approximate surface area is 195 Å². The molecule has 10 nitrogen and oxygen atoms in total.